The molecule has 0 bridgehead atoms. The van der Waals surface area contributed by atoms with E-state index in [9.17, 15) is 14.4 Å². The Kier molecular flexibility index (Phi) is 3.64. The van der Waals surface area contributed by atoms with Crippen LogP contribution in [0, 0.1) is 24.7 Å². The number of nitrogens with zero attached hydrogens (tertiary/aromatic N) is 3. The predicted octanol–water partition coefficient (Wildman–Crippen LogP) is -0.745. The topological polar surface area (TPSA) is 95.6 Å². The fraction of sp³-hybridized carbons (Fsp3) is 0.625. The zero-order chi connectivity index (χ0) is 16.8. The number of aryl methyl sites for hydroxylation is 1. The highest BCUT2D eigenvalue weighted by atomic mass is 16.5. The first-order valence-electron chi connectivity index (χ1n) is 8.28. The number of ether oxygens (including phenoxy) is 1. The lowest BCUT2D eigenvalue weighted by Crippen LogP contribution is -2.52. The van der Waals surface area contributed by atoms with Gasteiger partial charge in [-0.05, 0) is 18.8 Å². The summed E-state index contributed by atoms with van der Waals surface area (Å²) >= 11 is 0. The Morgan fingerprint density at radius 1 is 1.17 bits per heavy atom. The molecule has 4 rings (SSSR count). The monoisotopic (exact) mass is 332 g/mol. The largest absolute Gasteiger partial charge is 0.381 e. The van der Waals surface area contributed by atoms with Crippen molar-refractivity contribution in [2.75, 3.05) is 39.4 Å². The number of fused-ring (bicyclic) bond motifs is 1. The molecule has 0 radical (unpaired) electrons. The van der Waals surface area contributed by atoms with Crippen LogP contribution >= 0.6 is 0 Å². The van der Waals surface area contributed by atoms with Crippen LogP contribution in [-0.4, -0.2) is 71.2 Å². The summed E-state index contributed by atoms with van der Waals surface area (Å²) in [6.07, 6.45) is 0. The van der Waals surface area contributed by atoms with Gasteiger partial charge in [-0.25, -0.2) is 0 Å². The van der Waals surface area contributed by atoms with Crippen LogP contribution in [0.2, 0.25) is 0 Å². The fourth-order valence-corrected chi connectivity index (χ4v) is 3.75. The first-order chi connectivity index (χ1) is 11.6. The lowest BCUT2D eigenvalue weighted by Gasteiger charge is -2.34. The van der Waals surface area contributed by atoms with Crippen molar-refractivity contribution >= 4 is 11.8 Å². The van der Waals surface area contributed by atoms with Gasteiger partial charge in [0.05, 0.1) is 13.2 Å². The van der Waals surface area contributed by atoms with Gasteiger partial charge in [-0.15, -0.1) is 0 Å². The number of carbonyl (C=O) groups is 2. The van der Waals surface area contributed by atoms with E-state index in [-0.39, 0.29) is 28.9 Å². The maximum Gasteiger partial charge on any atom is 0.278 e. The van der Waals surface area contributed by atoms with E-state index < -0.39 is 0 Å². The second kappa shape index (κ2) is 5.70. The Morgan fingerprint density at radius 2 is 1.79 bits per heavy atom. The SMILES string of the molecule is Cc1cc(=O)c(C(=O)N2CCN(C(=O)C3[C@H]4COC[C@@H]34)CC2)n[nH]1. The van der Waals surface area contributed by atoms with E-state index in [1.54, 1.807) is 11.8 Å². The standard InChI is InChI=1S/C16H20N4O4/c1-9-6-12(21)14(18-17-9)16(23)20-4-2-19(3-5-20)15(22)13-10-7-24-8-11(10)13/h6,10-11,13H,2-5,7-8H2,1H3,(H,17,21)/t10-,11+,13?. The number of carbonyl (C=O) groups excluding carboxylic acids is 2. The molecule has 1 N–H and O–H groups in total. The maximum absolute atomic E-state index is 12.5. The average Bonchev–Trinajstić information content (AvgIpc) is 3.05. The van der Waals surface area contributed by atoms with Gasteiger partial charge >= 0.3 is 0 Å². The Hall–Kier alpha value is -2.22. The average molecular weight is 332 g/mol. The second-order valence-electron chi connectivity index (χ2n) is 6.77. The summed E-state index contributed by atoms with van der Waals surface area (Å²) < 4.78 is 5.33. The van der Waals surface area contributed by atoms with Crippen LogP contribution in [-0.2, 0) is 9.53 Å². The molecule has 3 heterocycles. The Morgan fingerprint density at radius 3 is 2.42 bits per heavy atom. The first-order valence-corrected chi connectivity index (χ1v) is 8.28. The molecule has 3 aliphatic rings. The van der Waals surface area contributed by atoms with Crippen LogP contribution in [0.3, 0.4) is 0 Å². The quantitative estimate of drug-likeness (QED) is 0.769. The fourth-order valence-electron chi connectivity index (χ4n) is 3.75. The van der Waals surface area contributed by atoms with Crippen molar-refractivity contribution < 1.29 is 14.3 Å². The van der Waals surface area contributed by atoms with Crippen LogP contribution < -0.4 is 5.43 Å². The number of hydrogen-bond donors (Lipinski definition) is 1. The van der Waals surface area contributed by atoms with Gasteiger partial charge in [0.25, 0.3) is 5.91 Å². The number of hydrogen-bond acceptors (Lipinski definition) is 5. The second-order valence-corrected chi connectivity index (χ2v) is 6.77. The van der Waals surface area contributed by atoms with Crippen molar-refractivity contribution in [3.63, 3.8) is 0 Å². The first kappa shape index (κ1) is 15.3. The number of rotatable bonds is 2. The number of aromatic amines is 1. The predicted molar refractivity (Wildman–Crippen MR) is 83.4 cm³/mol. The van der Waals surface area contributed by atoms with Gasteiger partial charge in [0.15, 0.2) is 5.69 Å². The highest BCUT2D eigenvalue weighted by Gasteiger charge is 2.59. The Bertz CT molecular complexity index is 728. The zero-order valence-electron chi connectivity index (χ0n) is 13.5. The number of amides is 2. The molecule has 3 fully saturated rings. The summed E-state index contributed by atoms with van der Waals surface area (Å²) in [6, 6.07) is 1.37. The van der Waals surface area contributed by atoms with E-state index in [1.165, 1.54) is 6.07 Å². The van der Waals surface area contributed by atoms with E-state index in [2.05, 4.69) is 10.2 Å². The van der Waals surface area contributed by atoms with Gasteiger partial charge < -0.3 is 14.5 Å². The minimum atomic E-state index is -0.375. The third kappa shape index (κ3) is 2.50. The number of H-pyrrole nitrogens is 1. The number of nitrogens with one attached hydrogen (secondary N) is 1. The lowest BCUT2D eigenvalue weighted by molar-refractivity contribution is -0.135. The molecule has 2 saturated heterocycles. The molecule has 1 aromatic heterocycles. The van der Waals surface area contributed by atoms with Crippen molar-refractivity contribution in [3.8, 4) is 0 Å². The van der Waals surface area contributed by atoms with Gasteiger partial charge in [-0.2, -0.15) is 5.10 Å². The molecule has 2 amide bonds. The normalized spacial score (nSPS) is 28.6. The Balaban J connectivity index is 1.36. The molecule has 2 aliphatic heterocycles. The highest BCUT2D eigenvalue weighted by Crippen LogP contribution is 2.51. The molecule has 8 nitrogen and oxygen atoms in total. The zero-order valence-corrected chi connectivity index (χ0v) is 13.5. The molecule has 0 aromatic carbocycles. The molecule has 1 saturated carbocycles. The Labute approximate surface area is 138 Å². The number of aromatic nitrogens is 2. The molecule has 128 valence electrons. The third-order valence-electron chi connectivity index (χ3n) is 5.24. The minimum Gasteiger partial charge on any atom is -0.381 e. The summed E-state index contributed by atoms with van der Waals surface area (Å²) in [5.41, 5.74) is 0.153. The molecule has 1 aromatic rings. The summed E-state index contributed by atoms with van der Waals surface area (Å²) in [4.78, 5) is 40.3. The van der Waals surface area contributed by atoms with Crippen molar-refractivity contribution in [1.29, 1.82) is 0 Å². The summed E-state index contributed by atoms with van der Waals surface area (Å²) in [5, 5.41) is 6.52. The van der Waals surface area contributed by atoms with Crippen LogP contribution in [0.1, 0.15) is 16.2 Å². The summed E-state index contributed by atoms with van der Waals surface area (Å²) in [6.45, 7) is 4.97. The van der Waals surface area contributed by atoms with Crippen LogP contribution in [0.25, 0.3) is 0 Å². The smallest absolute Gasteiger partial charge is 0.278 e. The van der Waals surface area contributed by atoms with E-state index in [4.69, 9.17) is 4.74 Å². The van der Waals surface area contributed by atoms with Crippen LogP contribution in [0.5, 0.6) is 0 Å². The number of piperazine rings is 1. The summed E-state index contributed by atoms with van der Waals surface area (Å²) in [5.74, 6) is 0.717. The molecule has 1 unspecified atom stereocenters. The van der Waals surface area contributed by atoms with Crippen molar-refractivity contribution in [2.45, 2.75) is 6.92 Å². The van der Waals surface area contributed by atoms with Gasteiger partial charge in [-0.1, -0.05) is 0 Å². The van der Waals surface area contributed by atoms with E-state index in [0.717, 1.165) is 0 Å². The molecule has 8 heteroatoms. The molecule has 1 aliphatic carbocycles. The molecule has 3 atom stereocenters. The van der Waals surface area contributed by atoms with Crippen molar-refractivity contribution in [2.24, 2.45) is 17.8 Å². The van der Waals surface area contributed by atoms with Gasteiger partial charge in [0.1, 0.15) is 0 Å². The third-order valence-corrected chi connectivity index (χ3v) is 5.24. The summed E-state index contributed by atoms with van der Waals surface area (Å²) in [7, 11) is 0. The van der Waals surface area contributed by atoms with E-state index in [0.29, 0.717) is 56.9 Å². The molecular weight excluding hydrogens is 312 g/mol. The van der Waals surface area contributed by atoms with Gasteiger partial charge in [0, 0.05) is 43.9 Å². The van der Waals surface area contributed by atoms with Crippen molar-refractivity contribution in [3.05, 3.63) is 27.7 Å². The molecule has 0 spiro atoms. The lowest BCUT2D eigenvalue weighted by atomic mass is 10.2. The van der Waals surface area contributed by atoms with Crippen LogP contribution in [0.15, 0.2) is 10.9 Å². The van der Waals surface area contributed by atoms with Gasteiger partial charge in [-0.3, -0.25) is 19.5 Å². The van der Waals surface area contributed by atoms with Gasteiger partial charge in [0.2, 0.25) is 11.3 Å². The van der Waals surface area contributed by atoms with E-state index >= 15 is 0 Å². The minimum absolute atomic E-state index is 0.0887. The van der Waals surface area contributed by atoms with Crippen LogP contribution in [0.4, 0.5) is 0 Å². The maximum atomic E-state index is 12.5. The highest BCUT2D eigenvalue weighted by molar-refractivity contribution is 5.92. The van der Waals surface area contributed by atoms with E-state index in [1.807, 2.05) is 4.90 Å². The molecule has 24 heavy (non-hydrogen) atoms. The molecular formula is C16H20N4O4. The van der Waals surface area contributed by atoms with Crippen molar-refractivity contribution in [1.82, 2.24) is 20.0 Å².